The molecule has 1 N–H and O–H groups in total. The van der Waals surface area contributed by atoms with E-state index in [1.165, 1.54) is 0 Å². The zero-order chi connectivity index (χ0) is 21.3. The third-order valence-corrected chi connectivity index (χ3v) is 7.69. The summed E-state index contributed by atoms with van der Waals surface area (Å²) in [6.07, 6.45) is 5.83. The van der Waals surface area contributed by atoms with Crippen molar-refractivity contribution in [1.29, 1.82) is 0 Å². The maximum atomic E-state index is 13.5. The summed E-state index contributed by atoms with van der Waals surface area (Å²) in [4.78, 5) is 29.6. The fourth-order valence-corrected chi connectivity index (χ4v) is 5.95. The smallest absolute Gasteiger partial charge is 0.258 e. The van der Waals surface area contributed by atoms with Crippen LogP contribution in [0, 0.1) is 0 Å². The van der Waals surface area contributed by atoms with Crippen LogP contribution in [0.15, 0.2) is 66.0 Å². The molecule has 2 aliphatic rings. The molecule has 0 saturated heterocycles. The maximum absolute atomic E-state index is 13.5. The lowest BCUT2D eigenvalue weighted by Gasteiger charge is -2.31. The van der Waals surface area contributed by atoms with Gasteiger partial charge in [-0.2, -0.15) is 0 Å². The minimum absolute atomic E-state index is 0.0101. The van der Waals surface area contributed by atoms with Crippen LogP contribution in [0.25, 0.3) is 0 Å². The number of carbonyl (C=O) groups is 2. The molecule has 5 heteroatoms. The highest BCUT2D eigenvalue weighted by molar-refractivity contribution is 7.10. The fourth-order valence-electron chi connectivity index (χ4n) is 4.97. The zero-order valence-corrected chi connectivity index (χ0v) is 18.3. The molecule has 31 heavy (non-hydrogen) atoms. The van der Waals surface area contributed by atoms with Gasteiger partial charge in [-0.25, -0.2) is 0 Å². The van der Waals surface area contributed by atoms with Crippen LogP contribution in [0.5, 0.6) is 0 Å². The number of benzene rings is 2. The SMILES string of the molecule is O=C(c1ccccc1)N1CCCc2ccc(NC(=O)C3(c4cccs4)CCCC3)cc21. The molecule has 1 saturated carbocycles. The second-order valence-corrected chi connectivity index (χ2v) is 9.44. The van der Waals surface area contributed by atoms with Crippen molar-refractivity contribution >= 4 is 34.5 Å². The molecule has 0 bridgehead atoms. The van der Waals surface area contributed by atoms with Gasteiger partial charge in [-0.05, 0) is 67.0 Å². The Labute approximate surface area is 186 Å². The molecule has 2 aromatic carbocycles. The summed E-state index contributed by atoms with van der Waals surface area (Å²) < 4.78 is 0. The summed E-state index contributed by atoms with van der Waals surface area (Å²) >= 11 is 1.67. The fraction of sp³-hybridized carbons (Fsp3) is 0.308. The number of anilines is 2. The van der Waals surface area contributed by atoms with Gasteiger partial charge in [0.05, 0.1) is 5.41 Å². The molecule has 1 fully saturated rings. The number of rotatable bonds is 4. The van der Waals surface area contributed by atoms with Gasteiger partial charge in [-0.15, -0.1) is 11.3 Å². The Kier molecular flexibility index (Phi) is 5.36. The van der Waals surface area contributed by atoms with Crippen LogP contribution in [-0.4, -0.2) is 18.4 Å². The van der Waals surface area contributed by atoms with E-state index in [9.17, 15) is 9.59 Å². The lowest BCUT2D eigenvalue weighted by atomic mass is 9.83. The summed E-state index contributed by atoms with van der Waals surface area (Å²) in [6, 6.07) is 19.5. The van der Waals surface area contributed by atoms with Crippen LogP contribution in [0.4, 0.5) is 11.4 Å². The highest BCUT2D eigenvalue weighted by Gasteiger charge is 2.43. The van der Waals surface area contributed by atoms with Crippen molar-refractivity contribution in [3.05, 3.63) is 82.0 Å². The van der Waals surface area contributed by atoms with E-state index in [4.69, 9.17) is 0 Å². The number of amides is 2. The second-order valence-electron chi connectivity index (χ2n) is 8.49. The summed E-state index contributed by atoms with van der Waals surface area (Å²) in [5.41, 5.74) is 3.09. The van der Waals surface area contributed by atoms with Gasteiger partial charge in [-0.1, -0.05) is 43.2 Å². The monoisotopic (exact) mass is 430 g/mol. The van der Waals surface area contributed by atoms with Crippen molar-refractivity contribution < 1.29 is 9.59 Å². The molecular formula is C26H26N2O2S. The molecule has 0 spiro atoms. The Morgan fingerprint density at radius 2 is 1.74 bits per heavy atom. The minimum atomic E-state index is -0.427. The molecular weight excluding hydrogens is 404 g/mol. The molecule has 4 nitrogen and oxygen atoms in total. The van der Waals surface area contributed by atoms with Gasteiger partial charge in [0, 0.05) is 28.4 Å². The van der Waals surface area contributed by atoms with Crippen LogP contribution in [0.3, 0.4) is 0 Å². The molecule has 2 amide bonds. The third-order valence-electron chi connectivity index (χ3n) is 6.61. The molecule has 1 aliphatic heterocycles. The van der Waals surface area contributed by atoms with E-state index in [0.29, 0.717) is 12.1 Å². The second kappa shape index (κ2) is 8.31. The lowest BCUT2D eigenvalue weighted by molar-refractivity contribution is -0.121. The number of fused-ring (bicyclic) bond motifs is 1. The highest BCUT2D eigenvalue weighted by Crippen LogP contribution is 2.44. The van der Waals surface area contributed by atoms with Crippen molar-refractivity contribution in [3.63, 3.8) is 0 Å². The lowest BCUT2D eigenvalue weighted by Crippen LogP contribution is -2.38. The highest BCUT2D eigenvalue weighted by atomic mass is 32.1. The van der Waals surface area contributed by atoms with E-state index in [1.54, 1.807) is 11.3 Å². The Bertz CT molecular complexity index is 1090. The van der Waals surface area contributed by atoms with Crippen LogP contribution >= 0.6 is 11.3 Å². The Hall–Kier alpha value is -2.92. The van der Waals surface area contributed by atoms with Crippen LogP contribution in [0.2, 0.25) is 0 Å². The number of aryl methyl sites for hydroxylation is 1. The molecule has 2 heterocycles. The molecule has 0 atom stereocenters. The normalized spacial score (nSPS) is 17.2. The predicted octanol–water partition coefficient (Wildman–Crippen LogP) is 5.79. The summed E-state index contributed by atoms with van der Waals surface area (Å²) in [6.45, 7) is 0.692. The largest absolute Gasteiger partial charge is 0.325 e. The average Bonchev–Trinajstić information content (AvgIpc) is 3.51. The van der Waals surface area contributed by atoms with Crippen molar-refractivity contribution in [1.82, 2.24) is 0 Å². The van der Waals surface area contributed by atoms with Crippen molar-refractivity contribution in [2.45, 2.75) is 43.9 Å². The number of nitrogens with zero attached hydrogens (tertiary/aromatic N) is 1. The first-order chi connectivity index (χ1) is 15.2. The van der Waals surface area contributed by atoms with E-state index in [1.807, 2.05) is 53.4 Å². The minimum Gasteiger partial charge on any atom is -0.325 e. The van der Waals surface area contributed by atoms with E-state index >= 15 is 0 Å². The first-order valence-corrected chi connectivity index (χ1v) is 11.9. The Morgan fingerprint density at radius 1 is 0.935 bits per heavy atom. The number of carbonyl (C=O) groups excluding carboxylic acids is 2. The van der Waals surface area contributed by atoms with Crippen molar-refractivity contribution in [2.24, 2.45) is 0 Å². The third kappa shape index (κ3) is 3.68. The van der Waals surface area contributed by atoms with Crippen molar-refractivity contribution in [3.8, 4) is 0 Å². The quantitative estimate of drug-likeness (QED) is 0.569. The number of nitrogens with one attached hydrogen (secondary N) is 1. The zero-order valence-electron chi connectivity index (χ0n) is 17.5. The topological polar surface area (TPSA) is 49.4 Å². The van der Waals surface area contributed by atoms with Crippen molar-refractivity contribution in [2.75, 3.05) is 16.8 Å². The molecule has 5 rings (SSSR count). The first-order valence-electron chi connectivity index (χ1n) is 11.0. The van der Waals surface area contributed by atoms with E-state index in [-0.39, 0.29) is 11.8 Å². The van der Waals surface area contributed by atoms with Gasteiger partial charge >= 0.3 is 0 Å². The predicted molar refractivity (Wildman–Crippen MR) is 126 cm³/mol. The van der Waals surface area contributed by atoms with Crippen LogP contribution < -0.4 is 10.2 Å². The Balaban J connectivity index is 1.43. The van der Waals surface area contributed by atoms with Gasteiger partial charge in [0.25, 0.3) is 5.91 Å². The van der Waals surface area contributed by atoms with Gasteiger partial charge in [0.2, 0.25) is 5.91 Å². The van der Waals surface area contributed by atoms with Crippen LogP contribution in [0.1, 0.15) is 52.9 Å². The van der Waals surface area contributed by atoms with Gasteiger partial charge in [0.1, 0.15) is 0 Å². The number of hydrogen-bond acceptors (Lipinski definition) is 3. The molecule has 3 aromatic rings. The van der Waals surface area contributed by atoms with Gasteiger partial charge < -0.3 is 10.2 Å². The maximum Gasteiger partial charge on any atom is 0.258 e. The molecule has 0 unspecified atom stereocenters. The van der Waals surface area contributed by atoms with Crippen LogP contribution in [-0.2, 0) is 16.6 Å². The van der Waals surface area contributed by atoms with Gasteiger partial charge in [0.15, 0.2) is 0 Å². The number of hydrogen-bond donors (Lipinski definition) is 1. The van der Waals surface area contributed by atoms with Gasteiger partial charge in [-0.3, -0.25) is 9.59 Å². The molecule has 1 aromatic heterocycles. The summed E-state index contributed by atoms with van der Waals surface area (Å²) in [5, 5.41) is 5.24. The van der Waals surface area contributed by atoms with E-state index in [2.05, 4.69) is 22.8 Å². The van der Waals surface area contributed by atoms with E-state index < -0.39 is 5.41 Å². The standard InChI is InChI=1S/C26H26N2O2S/c29-24(20-8-2-1-3-9-20)28-16-6-10-19-12-13-21(18-22(19)28)27-25(30)26(14-4-5-15-26)23-11-7-17-31-23/h1-3,7-9,11-13,17-18H,4-6,10,14-16H2,(H,27,30). The first kappa shape index (κ1) is 20.0. The number of thiophene rings is 1. The van der Waals surface area contributed by atoms with E-state index in [0.717, 1.165) is 60.3 Å². The Morgan fingerprint density at radius 3 is 2.48 bits per heavy atom. The molecule has 158 valence electrons. The summed E-state index contributed by atoms with van der Waals surface area (Å²) in [7, 11) is 0. The average molecular weight is 431 g/mol. The summed E-state index contributed by atoms with van der Waals surface area (Å²) in [5.74, 6) is 0.0834. The molecule has 1 aliphatic carbocycles. The molecule has 0 radical (unpaired) electrons.